The van der Waals surface area contributed by atoms with Gasteiger partial charge in [-0.1, -0.05) is 24.3 Å². The molecule has 4 N–H and O–H groups in total. The van der Waals surface area contributed by atoms with Gasteiger partial charge in [-0.3, -0.25) is 4.79 Å². The maximum absolute atomic E-state index is 13.0. The molecule has 0 aliphatic carbocycles. The van der Waals surface area contributed by atoms with Gasteiger partial charge in [-0.2, -0.15) is 0 Å². The van der Waals surface area contributed by atoms with Crippen molar-refractivity contribution in [1.82, 2.24) is 20.6 Å². The minimum absolute atomic E-state index is 0.184. The van der Waals surface area contributed by atoms with Crippen LogP contribution in [0, 0.1) is 13.8 Å². The lowest BCUT2D eigenvalue weighted by Crippen LogP contribution is -2.50. The molecule has 2 aromatic rings. The van der Waals surface area contributed by atoms with E-state index in [1.165, 1.54) is 7.11 Å². The Hall–Kier alpha value is -4.15. The van der Waals surface area contributed by atoms with E-state index in [-0.39, 0.29) is 17.9 Å². The fourth-order valence-electron chi connectivity index (χ4n) is 3.16. The van der Waals surface area contributed by atoms with Crippen LogP contribution in [0.2, 0.25) is 0 Å². The molecule has 1 aromatic heterocycles. The van der Waals surface area contributed by atoms with Crippen LogP contribution < -0.4 is 16.0 Å². The molecule has 0 aliphatic rings. The first-order chi connectivity index (χ1) is 16.9. The van der Waals surface area contributed by atoms with Gasteiger partial charge in [0, 0.05) is 6.54 Å². The number of aromatic hydroxyl groups is 1. The van der Waals surface area contributed by atoms with Crippen LogP contribution in [0.4, 0.5) is 10.7 Å². The van der Waals surface area contributed by atoms with Gasteiger partial charge in [-0.25, -0.2) is 19.6 Å². The fraction of sp³-hybridized carbons (Fsp3) is 0.400. The predicted molar refractivity (Wildman–Crippen MR) is 135 cm³/mol. The second kappa shape index (κ2) is 12.5. The lowest BCUT2D eigenvalue weighted by Gasteiger charge is -2.22. The quantitative estimate of drug-likeness (QED) is 0.382. The van der Waals surface area contributed by atoms with E-state index < -0.39 is 29.6 Å². The summed E-state index contributed by atoms with van der Waals surface area (Å²) in [6.45, 7) is 8.63. The number of amides is 2. The van der Waals surface area contributed by atoms with E-state index in [0.29, 0.717) is 23.9 Å². The van der Waals surface area contributed by atoms with Crippen LogP contribution in [-0.4, -0.2) is 64.9 Å². The molecule has 0 bridgehead atoms. The Kier molecular flexibility index (Phi) is 9.77. The van der Waals surface area contributed by atoms with Crippen molar-refractivity contribution in [2.45, 2.75) is 46.3 Å². The minimum atomic E-state index is -1.14. The van der Waals surface area contributed by atoms with Crippen LogP contribution in [0.15, 0.2) is 30.3 Å². The standard InChI is InChI=1S/C25H33N5O6/c1-15-20(21(32)30-19(22(33)35-6)14-27-24(34)36-25(3,4)5)16(2)29-23(28-15)26-12-8-10-17-9-7-11-18(31)13-17/h7-11,13,19,31H,12,14H2,1-6H3,(H,27,34)(H,30,32)(H,26,28,29)/t19-/m0/s1. The van der Waals surface area contributed by atoms with Gasteiger partial charge in [0.1, 0.15) is 17.4 Å². The molecule has 11 heteroatoms. The molecule has 0 radical (unpaired) electrons. The number of rotatable bonds is 9. The molecule has 1 aromatic carbocycles. The van der Waals surface area contributed by atoms with Crippen LogP contribution in [-0.2, 0) is 14.3 Å². The molecule has 194 valence electrons. The first kappa shape index (κ1) is 28.1. The molecular formula is C25H33N5O6. The SMILES string of the molecule is COC(=O)[C@H](CNC(=O)OC(C)(C)C)NC(=O)c1c(C)nc(NCC=Cc2cccc(O)c2)nc1C. The van der Waals surface area contributed by atoms with E-state index in [1.807, 2.05) is 18.2 Å². The number of phenols is 1. The highest BCUT2D eigenvalue weighted by atomic mass is 16.6. The Labute approximate surface area is 210 Å². The molecule has 0 aliphatic heterocycles. The second-order valence-electron chi connectivity index (χ2n) is 8.90. The molecule has 0 saturated heterocycles. The van der Waals surface area contributed by atoms with Crippen LogP contribution in [0.5, 0.6) is 5.75 Å². The summed E-state index contributed by atoms with van der Waals surface area (Å²) in [4.78, 5) is 45.7. The zero-order valence-corrected chi connectivity index (χ0v) is 21.3. The number of hydrogen-bond acceptors (Lipinski definition) is 9. The van der Waals surface area contributed by atoms with Crippen molar-refractivity contribution in [2.75, 3.05) is 25.5 Å². The molecule has 1 atom stereocenters. The highest BCUT2D eigenvalue weighted by Gasteiger charge is 2.26. The summed E-state index contributed by atoms with van der Waals surface area (Å²) in [6.07, 6.45) is 2.96. The van der Waals surface area contributed by atoms with Crippen molar-refractivity contribution in [3.63, 3.8) is 0 Å². The minimum Gasteiger partial charge on any atom is -0.508 e. The molecule has 36 heavy (non-hydrogen) atoms. The Balaban J connectivity index is 2.04. The zero-order valence-electron chi connectivity index (χ0n) is 21.3. The lowest BCUT2D eigenvalue weighted by molar-refractivity contribution is -0.142. The maximum Gasteiger partial charge on any atom is 0.407 e. The number of phenolic OH excluding ortho intramolecular Hbond substituents is 1. The Bertz CT molecular complexity index is 1100. The number of esters is 1. The number of aryl methyl sites for hydroxylation is 2. The first-order valence-corrected chi connectivity index (χ1v) is 11.3. The van der Waals surface area contributed by atoms with Gasteiger partial charge in [-0.05, 0) is 52.3 Å². The summed E-state index contributed by atoms with van der Waals surface area (Å²) in [5, 5.41) is 17.6. The summed E-state index contributed by atoms with van der Waals surface area (Å²) in [5.74, 6) is -0.795. The van der Waals surface area contributed by atoms with Crippen molar-refractivity contribution in [3.8, 4) is 5.75 Å². The highest BCUT2D eigenvalue weighted by Crippen LogP contribution is 2.14. The van der Waals surface area contributed by atoms with Crippen LogP contribution >= 0.6 is 0 Å². The van der Waals surface area contributed by atoms with Gasteiger partial charge in [0.05, 0.1) is 30.6 Å². The molecule has 0 spiro atoms. The van der Waals surface area contributed by atoms with Gasteiger partial charge >= 0.3 is 12.1 Å². The molecule has 1 heterocycles. The van der Waals surface area contributed by atoms with Crippen molar-refractivity contribution < 1.29 is 29.0 Å². The number of methoxy groups -OCH3 is 1. The van der Waals surface area contributed by atoms with E-state index in [2.05, 4.69) is 25.9 Å². The number of carbonyl (C=O) groups excluding carboxylic acids is 3. The molecular weight excluding hydrogens is 466 g/mol. The van der Waals surface area contributed by atoms with E-state index in [1.54, 1.807) is 52.8 Å². The maximum atomic E-state index is 13.0. The summed E-state index contributed by atoms with van der Waals surface area (Å²) in [5.41, 5.74) is 1.15. The van der Waals surface area contributed by atoms with Crippen molar-refractivity contribution in [3.05, 3.63) is 52.9 Å². The third kappa shape index (κ3) is 8.90. The third-order valence-corrected chi connectivity index (χ3v) is 4.70. The number of aromatic nitrogens is 2. The molecule has 11 nitrogen and oxygen atoms in total. The van der Waals surface area contributed by atoms with E-state index in [9.17, 15) is 19.5 Å². The summed E-state index contributed by atoms with van der Waals surface area (Å²) < 4.78 is 9.90. The van der Waals surface area contributed by atoms with Gasteiger partial charge in [0.2, 0.25) is 5.95 Å². The number of nitrogens with one attached hydrogen (secondary N) is 3. The van der Waals surface area contributed by atoms with Crippen LogP contribution in [0.25, 0.3) is 6.08 Å². The summed E-state index contributed by atoms with van der Waals surface area (Å²) in [7, 11) is 1.18. The van der Waals surface area contributed by atoms with Gasteiger partial charge in [0.15, 0.2) is 0 Å². The topological polar surface area (TPSA) is 152 Å². The van der Waals surface area contributed by atoms with Crippen molar-refractivity contribution in [2.24, 2.45) is 0 Å². The summed E-state index contributed by atoms with van der Waals surface area (Å²) >= 11 is 0. The largest absolute Gasteiger partial charge is 0.508 e. The average molecular weight is 500 g/mol. The summed E-state index contributed by atoms with van der Waals surface area (Å²) in [6, 6.07) is 5.70. The molecule has 0 unspecified atom stereocenters. The number of benzene rings is 1. The number of carbonyl (C=O) groups is 3. The van der Waals surface area contributed by atoms with E-state index in [0.717, 1.165) is 5.56 Å². The van der Waals surface area contributed by atoms with Gasteiger partial charge < -0.3 is 30.5 Å². The Morgan fingerprint density at radius 3 is 2.39 bits per heavy atom. The van der Waals surface area contributed by atoms with Gasteiger partial charge in [-0.15, -0.1) is 0 Å². The number of ether oxygens (including phenoxy) is 2. The normalized spacial score (nSPS) is 12.1. The van der Waals surface area contributed by atoms with E-state index >= 15 is 0 Å². The molecule has 2 rings (SSSR count). The lowest BCUT2D eigenvalue weighted by atomic mass is 10.1. The molecule has 0 saturated carbocycles. The highest BCUT2D eigenvalue weighted by molar-refractivity contribution is 5.98. The Morgan fingerprint density at radius 1 is 1.14 bits per heavy atom. The van der Waals surface area contributed by atoms with Crippen molar-refractivity contribution in [1.29, 1.82) is 0 Å². The van der Waals surface area contributed by atoms with Crippen LogP contribution in [0.3, 0.4) is 0 Å². The molecule has 2 amide bonds. The second-order valence-corrected chi connectivity index (χ2v) is 8.90. The third-order valence-electron chi connectivity index (χ3n) is 4.70. The average Bonchev–Trinajstić information content (AvgIpc) is 2.77. The number of hydrogen-bond donors (Lipinski definition) is 4. The fourth-order valence-corrected chi connectivity index (χ4v) is 3.16. The van der Waals surface area contributed by atoms with E-state index in [4.69, 9.17) is 9.47 Å². The number of anilines is 1. The van der Waals surface area contributed by atoms with Crippen LogP contribution in [0.1, 0.15) is 48.1 Å². The predicted octanol–water partition coefficient (Wildman–Crippen LogP) is 2.72. The monoisotopic (exact) mass is 499 g/mol. The Morgan fingerprint density at radius 2 is 1.81 bits per heavy atom. The van der Waals surface area contributed by atoms with Crippen molar-refractivity contribution >= 4 is 30.0 Å². The zero-order chi connectivity index (χ0) is 26.9. The first-order valence-electron chi connectivity index (χ1n) is 11.3. The molecule has 0 fully saturated rings. The smallest absolute Gasteiger partial charge is 0.407 e. The van der Waals surface area contributed by atoms with Gasteiger partial charge in [0.25, 0.3) is 5.91 Å². The number of alkyl carbamates (subject to hydrolysis) is 1. The number of nitrogens with zero attached hydrogens (tertiary/aromatic N) is 2.